The summed E-state index contributed by atoms with van der Waals surface area (Å²) < 4.78 is 0. The average molecular weight is 311 g/mol. The van der Waals surface area contributed by atoms with E-state index >= 15 is 0 Å². The molecule has 0 radical (unpaired) electrons. The van der Waals surface area contributed by atoms with E-state index in [-0.39, 0.29) is 11.8 Å². The van der Waals surface area contributed by atoms with Crippen molar-refractivity contribution in [3.8, 4) is 0 Å². The summed E-state index contributed by atoms with van der Waals surface area (Å²) in [4.78, 5) is 12.4. The van der Waals surface area contributed by atoms with E-state index in [1.165, 1.54) is 51.4 Å². The second-order valence-corrected chi connectivity index (χ2v) is 7.03. The van der Waals surface area contributed by atoms with E-state index < -0.39 is 0 Å². The van der Waals surface area contributed by atoms with Gasteiger partial charge in [0.2, 0.25) is 5.91 Å². The highest BCUT2D eigenvalue weighted by atomic mass is 16.2. The highest BCUT2D eigenvalue weighted by molar-refractivity contribution is 5.78. The van der Waals surface area contributed by atoms with Crippen molar-refractivity contribution in [2.24, 2.45) is 11.8 Å². The summed E-state index contributed by atoms with van der Waals surface area (Å²) >= 11 is 0. The predicted octanol–water partition coefficient (Wildman–Crippen LogP) is 4.92. The number of carbonyl (C=O) groups excluding carboxylic acids is 1. The van der Waals surface area contributed by atoms with Gasteiger partial charge in [-0.1, -0.05) is 59.3 Å². The van der Waals surface area contributed by atoms with Crippen molar-refractivity contribution in [3.63, 3.8) is 0 Å². The van der Waals surface area contributed by atoms with Crippen LogP contribution in [0.2, 0.25) is 0 Å². The van der Waals surface area contributed by atoms with Gasteiger partial charge in [0.25, 0.3) is 0 Å². The molecule has 1 fully saturated rings. The van der Waals surface area contributed by atoms with Crippen molar-refractivity contribution in [1.29, 1.82) is 0 Å². The van der Waals surface area contributed by atoms with Crippen LogP contribution in [0.25, 0.3) is 0 Å². The lowest BCUT2D eigenvalue weighted by Crippen LogP contribution is -2.49. The van der Waals surface area contributed by atoms with Gasteiger partial charge in [-0.3, -0.25) is 10.2 Å². The number of unbranched alkanes of at least 4 members (excludes halogenated alkanes) is 4. The lowest BCUT2D eigenvalue weighted by Gasteiger charge is -2.33. The largest absolute Gasteiger partial charge is 0.289 e. The van der Waals surface area contributed by atoms with Gasteiger partial charge in [-0.25, -0.2) is 5.01 Å². The summed E-state index contributed by atoms with van der Waals surface area (Å²) in [5.74, 6) is 1.23. The molecule has 130 valence electrons. The van der Waals surface area contributed by atoms with Crippen LogP contribution in [0.15, 0.2) is 0 Å². The molecule has 0 saturated carbocycles. The molecule has 1 amide bonds. The maximum Gasteiger partial charge on any atom is 0.237 e. The van der Waals surface area contributed by atoms with E-state index in [0.29, 0.717) is 0 Å². The van der Waals surface area contributed by atoms with Gasteiger partial charge in [0.15, 0.2) is 0 Å². The molecular formula is C19H38N2O. The number of hydrazine groups is 1. The van der Waals surface area contributed by atoms with Crippen molar-refractivity contribution in [1.82, 2.24) is 10.4 Å². The van der Waals surface area contributed by atoms with Crippen molar-refractivity contribution in [2.75, 3.05) is 13.1 Å². The van der Waals surface area contributed by atoms with Crippen LogP contribution < -0.4 is 5.43 Å². The summed E-state index contributed by atoms with van der Waals surface area (Å²) in [6, 6.07) is 0. The van der Waals surface area contributed by atoms with Crippen molar-refractivity contribution in [2.45, 2.75) is 91.4 Å². The molecule has 1 N–H and O–H groups in total. The molecule has 22 heavy (non-hydrogen) atoms. The summed E-state index contributed by atoms with van der Waals surface area (Å²) in [6.45, 7) is 8.68. The van der Waals surface area contributed by atoms with E-state index in [2.05, 4.69) is 31.2 Å². The van der Waals surface area contributed by atoms with Crippen LogP contribution in [0.5, 0.6) is 0 Å². The predicted molar refractivity (Wildman–Crippen MR) is 94.5 cm³/mol. The van der Waals surface area contributed by atoms with Crippen LogP contribution in [0, 0.1) is 11.8 Å². The number of nitrogens with one attached hydrogen (secondary N) is 1. The Hall–Kier alpha value is -0.570. The Kier molecular flexibility index (Phi) is 10.6. The number of amides is 1. The molecule has 3 nitrogen and oxygen atoms in total. The third-order valence-electron chi connectivity index (χ3n) is 5.02. The molecule has 0 aliphatic carbocycles. The molecule has 2 atom stereocenters. The quantitative estimate of drug-likeness (QED) is 0.550. The lowest BCUT2D eigenvalue weighted by molar-refractivity contribution is -0.131. The minimum atomic E-state index is 0.199. The molecule has 1 saturated heterocycles. The fraction of sp³-hybridized carbons (Fsp3) is 0.947. The topological polar surface area (TPSA) is 32.3 Å². The van der Waals surface area contributed by atoms with Gasteiger partial charge in [0, 0.05) is 19.0 Å². The van der Waals surface area contributed by atoms with Gasteiger partial charge in [-0.2, -0.15) is 0 Å². The summed E-state index contributed by atoms with van der Waals surface area (Å²) in [5.41, 5.74) is 3.20. The van der Waals surface area contributed by atoms with Gasteiger partial charge >= 0.3 is 0 Å². The molecule has 1 rings (SSSR count). The Balaban J connectivity index is 2.30. The summed E-state index contributed by atoms with van der Waals surface area (Å²) in [6.07, 6.45) is 13.6. The van der Waals surface area contributed by atoms with Crippen LogP contribution in [-0.4, -0.2) is 24.0 Å². The Bertz CT molecular complexity index is 293. The highest BCUT2D eigenvalue weighted by Gasteiger charge is 2.23. The number of carbonyl (C=O) groups is 1. The van der Waals surface area contributed by atoms with E-state index in [1.54, 1.807) is 0 Å². The molecule has 3 heteroatoms. The zero-order valence-electron chi connectivity index (χ0n) is 15.2. The van der Waals surface area contributed by atoms with Crippen LogP contribution >= 0.6 is 0 Å². The summed E-state index contributed by atoms with van der Waals surface area (Å²) in [7, 11) is 0. The van der Waals surface area contributed by atoms with Crippen LogP contribution in [0.1, 0.15) is 91.4 Å². The molecule has 1 aliphatic rings. The minimum absolute atomic E-state index is 0.199. The Morgan fingerprint density at radius 1 is 1.14 bits per heavy atom. The van der Waals surface area contributed by atoms with Gasteiger partial charge in [0.05, 0.1) is 0 Å². The van der Waals surface area contributed by atoms with Crippen LogP contribution in [0.3, 0.4) is 0 Å². The maximum absolute atomic E-state index is 12.4. The third kappa shape index (κ3) is 7.62. The van der Waals surface area contributed by atoms with Gasteiger partial charge in [0.1, 0.15) is 0 Å². The molecule has 2 unspecified atom stereocenters. The second kappa shape index (κ2) is 11.9. The van der Waals surface area contributed by atoms with Gasteiger partial charge in [-0.15, -0.1) is 0 Å². The molecule has 0 aromatic carbocycles. The third-order valence-corrected chi connectivity index (χ3v) is 5.02. The molecule has 0 bridgehead atoms. The summed E-state index contributed by atoms with van der Waals surface area (Å²) in [5, 5.41) is 2.20. The Labute approximate surface area is 138 Å². The molecule has 0 aromatic rings. The fourth-order valence-corrected chi connectivity index (χ4v) is 3.48. The Morgan fingerprint density at radius 3 is 2.59 bits per heavy atom. The minimum Gasteiger partial charge on any atom is -0.289 e. The zero-order valence-corrected chi connectivity index (χ0v) is 15.2. The van der Waals surface area contributed by atoms with Crippen LogP contribution in [-0.2, 0) is 4.79 Å². The first kappa shape index (κ1) is 19.5. The smallest absolute Gasteiger partial charge is 0.237 e. The van der Waals surface area contributed by atoms with E-state index in [4.69, 9.17) is 0 Å². The molecular weight excluding hydrogens is 272 g/mol. The normalized spacial score (nSPS) is 20.8. The second-order valence-electron chi connectivity index (χ2n) is 7.03. The van der Waals surface area contributed by atoms with E-state index in [9.17, 15) is 4.79 Å². The monoisotopic (exact) mass is 310 g/mol. The number of piperidine rings is 1. The van der Waals surface area contributed by atoms with Crippen LogP contribution in [0.4, 0.5) is 0 Å². The molecule has 0 spiro atoms. The fourth-order valence-electron chi connectivity index (χ4n) is 3.48. The number of nitrogens with zero attached hydrogens (tertiary/aromatic N) is 1. The first-order chi connectivity index (χ1) is 10.7. The molecule has 1 heterocycles. The number of hydrogen-bond donors (Lipinski definition) is 1. The van der Waals surface area contributed by atoms with E-state index in [1.807, 2.05) is 0 Å². The van der Waals surface area contributed by atoms with Gasteiger partial charge in [-0.05, 0) is 38.0 Å². The number of hydrogen-bond acceptors (Lipinski definition) is 2. The molecule has 0 aromatic heterocycles. The van der Waals surface area contributed by atoms with Crippen molar-refractivity contribution < 1.29 is 4.79 Å². The van der Waals surface area contributed by atoms with Gasteiger partial charge < -0.3 is 0 Å². The standard InChI is InChI=1S/C19H38N2O/c1-4-7-9-10-12-17-13-11-15-21(16-17)20-19(22)18(6-3)14-8-5-2/h17-18H,4-16H2,1-3H3,(H,20,22). The number of rotatable bonds is 11. The SMILES string of the molecule is CCCCCCC1CCCN(NC(=O)C(CC)CCCC)C1. The molecule has 1 aliphatic heterocycles. The lowest BCUT2D eigenvalue weighted by atomic mass is 9.93. The van der Waals surface area contributed by atoms with E-state index in [0.717, 1.165) is 38.3 Å². The Morgan fingerprint density at radius 2 is 1.91 bits per heavy atom. The first-order valence-electron chi connectivity index (χ1n) is 9.76. The average Bonchev–Trinajstić information content (AvgIpc) is 2.53. The van der Waals surface area contributed by atoms with Crippen molar-refractivity contribution in [3.05, 3.63) is 0 Å². The maximum atomic E-state index is 12.4. The highest BCUT2D eigenvalue weighted by Crippen LogP contribution is 2.22. The first-order valence-corrected chi connectivity index (χ1v) is 9.76. The van der Waals surface area contributed by atoms with Crippen molar-refractivity contribution >= 4 is 5.91 Å². The zero-order chi connectivity index (χ0) is 16.2.